The van der Waals surface area contributed by atoms with Crippen molar-refractivity contribution in [3.63, 3.8) is 0 Å². The second-order valence-corrected chi connectivity index (χ2v) is 10.6. The van der Waals surface area contributed by atoms with Crippen molar-refractivity contribution >= 4 is 22.9 Å². The van der Waals surface area contributed by atoms with Crippen LogP contribution >= 0.6 is 0 Å². The third kappa shape index (κ3) is 12.1. The number of para-hydroxylation sites is 1. The lowest BCUT2D eigenvalue weighted by Crippen LogP contribution is -2.79. The smallest absolute Gasteiger partial charge is 0.294 e. The predicted octanol–water partition coefficient (Wildman–Crippen LogP) is 0.885. The van der Waals surface area contributed by atoms with Crippen molar-refractivity contribution in [1.82, 2.24) is 4.57 Å². The van der Waals surface area contributed by atoms with E-state index in [1.54, 1.807) is 24.3 Å². The summed E-state index contributed by atoms with van der Waals surface area (Å²) in [4.78, 5) is 52.2. The zero-order valence-corrected chi connectivity index (χ0v) is 25.3. The molecule has 19 heteroatoms. The molecule has 1 heterocycles. The molecule has 1 aromatic heterocycles. The molecule has 0 unspecified atom stereocenters. The molecule has 2 atom stereocenters. The molecule has 2 aromatic carbocycles. The number of aliphatic hydroxyl groups is 2. The molecule has 0 amide bonds. The molecule has 0 aliphatic heterocycles. The van der Waals surface area contributed by atoms with Crippen LogP contribution in [0.4, 0.5) is 4.39 Å². The molecule has 3 aromatic rings. The standard InChI is InChI=1S/C24H26FNO4.C4H8N4O9/c1-15(2)26-21-6-4-3-5-20(21)24(16-7-9-17(25)10-8-16)22(26)12-11-18(27)13-19(28)14-23(29)30;5-4(1-15-6(9)10,2-16-7(11)12)3-17-8(13)14/h3-12,15,18-19,27-28H,13-14H2,1-2H3,(H,29,30);1-3,5H2/b12-11+;/t18-,19-;/m0./s1. The zero-order valence-electron chi connectivity index (χ0n) is 25.3. The first-order valence-corrected chi connectivity index (χ1v) is 13.8. The van der Waals surface area contributed by atoms with E-state index in [0.29, 0.717) is 0 Å². The molecule has 0 radical (unpaired) electrons. The molecular weight excluding hydrogens is 633 g/mol. The van der Waals surface area contributed by atoms with Gasteiger partial charge in [-0.25, -0.2) is 4.39 Å². The molecule has 0 fully saturated rings. The van der Waals surface area contributed by atoms with Crippen LogP contribution in [0.1, 0.15) is 38.4 Å². The monoisotopic (exact) mass is 667 g/mol. The Bertz CT molecular complexity index is 1520. The first-order valence-electron chi connectivity index (χ1n) is 13.8. The van der Waals surface area contributed by atoms with E-state index in [0.717, 1.165) is 27.7 Å². The lowest BCUT2D eigenvalue weighted by molar-refractivity contribution is -0.796. The number of rotatable bonds is 17. The van der Waals surface area contributed by atoms with Gasteiger partial charge in [-0.2, -0.15) is 0 Å². The second kappa shape index (κ2) is 17.3. The maximum absolute atomic E-state index is 13.5. The summed E-state index contributed by atoms with van der Waals surface area (Å²) in [5.74, 6) is -1.68. The molecule has 0 bridgehead atoms. The number of quaternary nitrogens is 1. The van der Waals surface area contributed by atoms with Gasteiger partial charge in [0.15, 0.2) is 25.4 Å². The number of hydrogen-bond donors (Lipinski definition) is 3. The Morgan fingerprint density at radius 3 is 1.94 bits per heavy atom. The van der Waals surface area contributed by atoms with Crippen LogP contribution < -0.4 is 10.8 Å². The van der Waals surface area contributed by atoms with E-state index < -0.39 is 65.2 Å². The van der Waals surface area contributed by atoms with E-state index >= 15 is 0 Å². The van der Waals surface area contributed by atoms with Gasteiger partial charge in [0, 0.05) is 47.0 Å². The van der Waals surface area contributed by atoms with Crippen molar-refractivity contribution in [3.05, 3.63) is 96.5 Å². The highest BCUT2D eigenvalue weighted by Crippen LogP contribution is 2.38. The Labute approximate surface area is 265 Å². The SMILES string of the molecule is CC(C)n1c(/C=C/[C@H](O)C[C@H](O)CC(=O)[O-])c(-c2ccc(F)cc2)c2ccccc21.[NH3+]C(CO[N+](=O)[O-])(CO[N+](=O)[O-])CO[N+](=O)[O-]. The van der Waals surface area contributed by atoms with Crippen LogP contribution in [0, 0.1) is 36.2 Å². The highest BCUT2D eigenvalue weighted by Gasteiger charge is 2.35. The van der Waals surface area contributed by atoms with Gasteiger partial charge in [0.25, 0.3) is 15.3 Å². The van der Waals surface area contributed by atoms with E-state index in [4.69, 9.17) is 0 Å². The van der Waals surface area contributed by atoms with E-state index in [9.17, 15) is 54.8 Å². The van der Waals surface area contributed by atoms with Gasteiger partial charge >= 0.3 is 0 Å². The predicted molar refractivity (Wildman–Crippen MR) is 157 cm³/mol. The highest BCUT2D eigenvalue weighted by molar-refractivity contribution is 6.01. The fraction of sp³-hybridized carbons (Fsp3) is 0.393. The normalized spacial score (nSPS) is 12.7. The van der Waals surface area contributed by atoms with Crippen molar-refractivity contribution in [2.75, 3.05) is 19.8 Å². The Morgan fingerprint density at radius 2 is 1.47 bits per heavy atom. The Balaban J connectivity index is 0.000000387. The number of hydrogen-bond acceptors (Lipinski definition) is 13. The van der Waals surface area contributed by atoms with Crippen LogP contribution in [0.5, 0.6) is 0 Å². The Morgan fingerprint density at radius 1 is 0.957 bits per heavy atom. The van der Waals surface area contributed by atoms with E-state index in [1.165, 1.54) is 12.1 Å². The fourth-order valence-corrected chi connectivity index (χ4v) is 4.45. The molecule has 0 aliphatic rings. The largest absolute Gasteiger partial charge is 0.550 e. The Hall–Kier alpha value is -5.40. The van der Waals surface area contributed by atoms with Gasteiger partial charge in [-0.15, -0.1) is 30.3 Å². The van der Waals surface area contributed by atoms with Crippen LogP contribution in [-0.4, -0.2) is 73.6 Å². The summed E-state index contributed by atoms with van der Waals surface area (Å²) in [5.41, 5.74) is 5.26. The number of nitrogens with zero attached hydrogens (tertiary/aromatic N) is 4. The van der Waals surface area contributed by atoms with Crippen LogP contribution in [0.3, 0.4) is 0 Å². The first kappa shape index (κ1) is 37.8. The molecule has 0 aliphatic carbocycles. The lowest BCUT2D eigenvalue weighted by atomic mass is 10.0. The van der Waals surface area contributed by atoms with Gasteiger partial charge in [-0.05, 0) is 43.7 Å². The summed E-state index contributed by atoms with van der Waals surface area (Å²) in [7, 11) is 0. The highest BCUT2D eigenvalue weighted by atomic mass is 19.1. The van der Waals surface area contributed by atoms with Crippen molar-refractivity contribution in [3.8, 4) is 11.1 Å². The number of aromatic nitrogens is 1. The number of halogens is 1. The number of carbonyl (C=O) groups is 1. The van der Waals surface area contributed by atoms with E-state index in [1.807, 2.05) is 24.3 Å². The molecule has 0 saturated heterocycles. The van der Waals surface area contributed by atoms with E-state index in [2.05, 4.69) is 38.7 Å². The molecule has 0 spiro atoms. The third-order valence-electron chi connectivity index (χ3n) is 6.42. The summed E-state index contributed by atoms with van der Waals surface area (Å²) in [6.07, 6.45) is 0.450. The number of benzene rings is 2. The molecule has 3 rings (SSSR count). The number of fused-ring (bicyclic) bond motifs is 1. The average Bonchev–Trinajstić information content (AvgIpc) is 3.32. The van der Waals surface area contributed by atoms with Gasteiger partial charge in [0.05, 0.1) is 12.2 Å². The summed E-state index contributed by atoms with van der Waals surface area (Å²) in [6, 6.07) is 14.3. The minimum absolute atomic E-state index is 0.113. The zero-order chi connectivity index (χ0) is 35.3. The number of carboxylic acid groups (broad SMARTS) is 1. The summed E-state index contributed by atoms with van der Waals surface area (Å²) in [5, 5.41) is 57.9. The topological polar surface area (TPSA) is 270 Å². The molecule has 5 N–H and O–H groups in total. The molecule has 18 nitrogen and oxygen atoms in total. The fourth-order valence-electron chi connectivity index (χ4n) is 4.45. The van der Waals surface area contributed by atoms with Crippen LogP contribution in [0.15, 0.2) is 54.6 Å². The van der Waals surface area contributed by atoms with Crippen LogP contribution in [0.2, 0.25) is 0 Å². The third-order valence-corrected chi connectivity index (χ3v) is 6.42. The minimum atomic E-state index is -1.65. The maximum atomic E-state index is 13.5. The molecule has 256 valence electrons. The van der Waals surface area contributed by atoms with Gasteiger partial charge in [-0.3, -0.25) is 0 Å². The first-order chi connectivity index (χ1) is 22.0. The van der Waals surface area contributed by atoms with E-state index in [-0.39, 0.29) is 18.3 Å². The number of carbonyl (C=O) groups excluding carboxylic acids is 1. The van der Waals surface area contributed by atoms with Gasteiger partial charge in [0.2, 0.25) is 0 Å². The van der Waals surface area contributed by atoms with Gasteiger partial charge in [-0.1, -0.05) is 36.4 Å². The number of carboxylic acids is 1. The maximum Gasteiger partial charge on any atom is 0.294 e. The second-order valence-electron chi connectivity index (χ2n) is 10.6. The molecular formula is C28H34FN5O13. The Kier molecular flexibility index (Phi) is 13.9. The van der Waals surface area contributed by atoms with Crippen molar-refractivity contribution in [1.29, 1.82) is 0 Å². The number of aliphatic hydroxyl groups excluding tert-OH is 2. The lowest BCUT2D eigenvalue weighted by Gasteiger charge is -2.21. The van der Waals surface area contributed by atoms with Gasteiger partial charge in [0.1, 0.15) is 5.82 Å². The summed E-state index contributed by atoms with van der Waals surface area (Å²) >= 11 is 0. The van der Waals surface area contributed by atoms with Crippen molar-refractivity contribution in [2.45, 2.75) is 50.5 Å². The summed E-state index contributed by atoms with van der Waals surface area (Å²) < 4.78 is 15.6. The molecule has 47 heavy (non-hydrogen) atoms. The average molecular weight is 668 g/mol. The quantitative estimate of drug-likeness (QED) is 0.133. The number of aliphatic carboxylic acids is 1. The van der Waals surface area contributed by atoms with Crippen LogP contribution in [-0.2, 0) is 19.3 Å². The summed E-state index contributed by atoms with van der Waals surface area (Å²) in [6.45, 7) is 1.86. The van der Waals surface area contributed by atoms with Crippen molar-refractivity contribution in [2.24, 2.45) is 0 Å². The van der Waals surface area contributed by atoms with Gasteiger partial charge < -0.3 is 44.9 Å². The minimum Gasteiger partial charge on any atom is -0.550 e. The van der Waals surface area contributed by atoms with Crippen LogP contribution in [0.25, 0.3) is 28.1 Å². The molecule has 0 saturated carbocycles. The van der Waals surface area contributed by atoms with Crippen molar-refractivity contribution < 1.29 is 60.0 Å².